The van der Waals surface area contributed by atoms with Crippen molar-refractivity contribution < 1.29 is 24.2 Å². The Morgan fingerprint density at radius 3 is 2.59 bits per heavy atom. The lowest BCUT2D eigenvalue weighted by atomic mass is 10.0. The van der Waals surface area contributed by atoms with Gasteiger partial charge in [0.1, 0.15) is 5.75 Å². The van der Waals surface area contributed by atoms with Crippen LogP contribution in [0.15, 0.2) is 36.4 Å². The van der Waals surface area contributed by atoms with Gasteiger partial charge < -0.3 is 25.4 Å². The lowest BCUT2D eigenvalue weighted by Gasteiger charge is -2.20. The Hall–Kier alpha value is -3.18. The van der Waals surface area contributed by atoms with Crippen LogP contribution in [0.3, 0.4) is 0 Å². The summed E-state index contributed by atoms with van der Waals surface area (Å²) in [5.74, 6) is -1.59. The number of aromatic carboxylic acids is 1. The van der Waals surface area contributed by atoms with E-state index in [-0.39, 0.29) is 48.2 Å². The highest BCUT2D eigenvalue weighted by atomic mass is 35.5. The molecule has 37 heavy (non-hydrogen) atoms. The van der Waals surface area contributed by atoms with Crippen molar-refractivity contribution in [1.82, 2.24) is 9.88 Å². The Labute approximate surface area is 229 Å². The summed E-state index contributed by atoms with van der Waals surface area (Å²) >= 11 is 7.22. The number of ether oxygens (including phenoxy) is 1. The fourth-order valence-corrected chi connectivity index (χ4v) is 5.12. The Morgan fingerprint density at radius 2 is 1.92 bits per heavy atom. The molecule has 0 saturated heterocycles. The van der Waals surface area contributed by atoms with Gasteiger partial charge in [0.25, 0.3) is 5.91 Å². The predicted octanol–water partition coefficient (Wildman–Crippen LogP) is 4.74. The molecule has 0 unspecified atom stereocenters. The first-order valence-corrected chi connectivity index (χ1v) is 12.4. The molecule has 3 N–H and O–H groups in total. The molecule has 3 aromatic rings. The number of halogens is 2. The van der Waals surface area contributed by atoms with E-state index in [2.05, 4.69) is 20.5 Å². The van der Waals surface area contributed by atoms with Crippen molar-refractivity contribution in [3.63, 3.8) is 0 Å². The van der Waals surface area contributed by atoms with Gasteiger partial charge in [-0.3, -0.25) is 9.59 Å². The highest BCUT2D eigenvalue weighted by molar-refractivity contribution is 7.13. The summed E-state index contributed by atoms with van der Waals surface area (Å²) in [6, 6.07) is 9.48. The summed E-state index contributed by atoms with van der Waals surface area (Å²) in [5.41, 5.74) is 2.25. The van der Waals surface area contributed by atoms with Crippen molar-refractivity contribution >= 4 is 64.5 Å². The molecule has 2 heterocycles. The minimum Gasteiger partial charge on any atom is -0.496 e. The fraction of sp³-hybridized carbons (Fsp3) is 0.280. The van der Waals surface area contributed by atoms with E-state index in [1.54, 1.807) is 24.3 Å². The van der Waals surface area contributed by atoms with Gasteiger partial charge in [-0.15, -0.1) is 23.7 Å². The van der Waals surface area contributed by atoms with Crippen LogP contribution in [0.2, 0.25) is 5.02 Å². The molecule has 0 saturated carbocycles. The monoisotopic (exact) mass is 564 g/mol. The predicted molar refractivity (Wildman–Crippen MR) is 146 cm³/mol. The maximum absolute atomic E-state index is 13.1. The molecule has 0 aliphatic carbocycles. The summed E-state index contributed by atoms with van der Waals surface area (Å²) < 4.78 is 5.43. The molecule has 2 amide bonds. The Morgan fingerprint density at radius 1 is 1.19 bits per heavy atom. The zero-order valence-corrected chi connectivity index (χ0v) is 22.6. The van der Waals surface area contributed by atoms with Crippen LogP contribution in [0.5, 0.6) is 5.75 Å². The number of carboxylic acids is 1. The summed E-state index contributed by atoms with van der Waals surface area (Å²) in [6.07, 6.45) is 1.05. The summed E-state index contributed by atoms with van der Waals surface area (Å²) in [5, 5.41) is 16.0. The van der Waals surface area contributed by atoms with Crippen LogP contribution in [0.1, 0.15) is 42.7 Å². The van der Waals surface area contributed by atoms with E-state index in [1.165, 1.54) is 30.6 Å². The van der Waals surface area contributed by atoms with Crippen LogP contribution in [-0.2, 0) is 24.2 Å². The number of carbonyl (C=O) groups excluding carboxylic acids is 2. The quantitative estimate of drug-likeness (QED) is 0.361. The third-order valence-corrected chi connectivity index (χ3v) is 7.10. The zero-order valence-electron chi connectivity index (χ0n) is 20.2. The topological polar surface area (TPSA) is 121 Å². The third kappa shape index (κ3) is 6.98. The molecule has 0 bridgehead atoms. The van der Waals surface area contributed by atoms with Crippen molar-refractivity contribution in [3.8, 4) is 5.75 Å². The maximum atomic E-state index is 13.1. The number of fused-ring (bicyclic) bond motifs is 1. The van der Waals surface area contributed by atoms with Crippen molar-refractivity contribution in [1.29, 1.82) is 0 Å². The number of rotatable bonds is 8. The molecule has 9 nitrogen and oxygen atoms in total. The van der Waals surface area contributed by atoms with Crippen molar-refractivity contribution in [3.05, 3.63) is 68.1 Å². The van der Waals surface area contributed by atoms with Gasteiger partial charge in [-0.05, 0) is 49.9 Å². The first-order valence-electron chi connectivity index (χ1n) is 11.2. The van der Waals surface area contributed by atoms with E-state index < -0.39 is 11.9 Å². The number of anilines is 2. The van der Waals surface area contributed by atoms with Gasteiger partial charge in [0, 0.05) is 52.8 Å². The fourth-order valence-electron chi connectivity index (χ4n) is 3.91. The number of hydrogen-bond donors (Lipinski definition) is 3. The second-order valence-corrected chi connectivity index (χ2v) is 9.92. The molecule has 1 aliphatic rings. The number of nitrogens with zero attached hydrogens (tertiary/aromatic N) is 2. The summed E-state index contributed by atoms with van der Waals surface area (Å²) in [6.45, 7) is 1.61. The van der Waals surface area contributed by atoms with E-state index in [4.69, 9.17) is 16.3 Å². The summed E-state index contributed by atoms with van der Waals surface area (Å²) in [7, 11) is 3.43. The van der Waals surface area contributed by atoms with Gasteiger partial charge in [0.15, 0.2) is 5.01 Å². The Balaban J connectivity index is 0.00000380. The van der Waals surface area contributed by atoms with E-state index in [0.29, 0.717) is 21.3 Å². The number of carbonyl (C=O) groups is 3. The van der Waals surface area contributed by atoms with Gasteiger partial charge in [0.2, 0.25) is 5.91 Å². The lowest BCUT2D eigenvalue weighted by Crippen LogP contribution is -2.25. The van der Waals surface area contributed by atoms with Gasteiger partial charge >= 0.3 is 5.97 Å². The molecule has 12 heteroatoms. The van der Waals surface area contributed by atoms with E-state index >= 15 is 0 Å². The number of carboxylic acid groups (broad SMARTS) is 1. The summed E-state index contributed by atoms with van der Waals surface area (Å²) in [4.78, 5) is 45.1. The molecule has 0 atom stereocenters. The van der Waals surface area contributed by atoms with Gasteiger partial charge in [0.05, 0.1) is 18.4 Å². The molecule has 2 aromatic carbocycles. The van der Waals surface area contributed by atoms with Crippen LogP contribution >= 0.6 is 35.3 Å². The van der Waals surface area contributed by atoms with Crippen LogP contribution in [0.4, 0.5) is 11.4 Å². The highest BCUT2D eigenvalue weighted by Crippen LogP contribution is 2.32. The van der Waals surface area contributed by atoms with Crippen molar-refractivity contribution in [2.75, 3.05) is 31.3 Å². The molecular formula is C25H26Cl2N4O5S. The standard InChI is InChI=1S/C25H25ClN4O5S.ClH/c1-30-10-9-18-21(13-30)36-24(29-18)23(32)28-19-11-14(25(33)34)12-20(35-2)17(19)7-8-22(31)27-16-5-3-15(26)4-6-16;/h3-6,11-12H,7-10,13H2,1-2H3,(H,27,31)(H,28,32)(H,33,34);1H. The number of benzene rings is 2. The Kier molecular flexibility index (Phi) is 9.50. The molecule has 1 aliphatic heterocycles. The SMILES string of the molecule is COc1cc(C(=O)O)cc(NC(=O)c2nc3c(s2)CN(C)CC3)c1CCC(=O)Nc1ccc(Cl)cc1.Cl. The zero-order chi connectivity index (χ0) is 25.8. The minimum atomic E-state index is -1.16. The lowest BCUT2D eigenvalue weighted by molar-refractivity contribution is -0.116. The molecular weight excluding hydrogens is 539 g/mol. The second-order valence-electron chi connectivity index (χ2n) is 8.40. The number of aromatic nitrogens is 1. The number of amides is 2. The molecule has 0 spiro atoms. The maximum Gasteiger partial charge on any atom is 0.335 e. The van der Waals surface area contributed by atoms with Crippen LogP contribution in [0, 0.1) is 0 Å². The van der Waals surface area contributed by atoms with Gasteiger partial charge in [-0.25, -0.2) is 9.78 Å². The average molecular weight is 565 g/mol. The highest BCUT2D eigenvalue weighted by Gasteiger charge is 2.23. The Bertz CT molecular complexity index is 1310. The minimum absolute atomic E-state index is 0. The van der Waals surface area contributed by atoms with Crippen LogP contribution in [0.25, 0.3) is 0 Å². The van der Waals surface area contributed by atoms with Crippen molar-refractivity contribution in [2.24, 2.45) is 0 Å². The van der Waals surface area contributed by atoms with Gasteiger partial charge in [-0.1, -0.05) is 11.6 Å². The van der Waals surface area contributed by atoms with Crippen LogP contribution < -0.4 is 15.4 Å². The van der Waals surface area contributed by atoms with E-state index in [0.717, 1.165) is 30.1 Å². The smallest absolute Gasteiger partial charge is 0.335 e. The van der Waals surface area contributed by atoms with Gasteiger partial charge in [-0.2, -0.15) is 0 Å². The first-order chi connectivity index (χ1) is 17.2. The first kappa shape index (κ1) is 28.4. The van der Waals surface area contributed by atoms with Crippen molar-refractivity contribution in [2.45, 2.75) is 25.8 Å². The molecule has 0 fully saturated rings. The molecule has 4 rings (SSSR count). The largest absolute Gasteiger partial charge is 0.496 e. The second kappa shape index (κ2) is 12.4. The van der Waals surface area contributed by atoms with E-state index in [9.17, 15) is 19.5 Å². The normalized spacial score (nSPS) is 12.7. The number of methoxy groups -OCH3 is 1. The van der Waals surface area contributed by atoms with Crippen LogP contribution in [-0.4, -0.2) is 53.5 Å². The molecule has 0 radical (unpaired) electrons. The third-order valence-electron chi connectivity index (χ3n) is 5.77. The molecule has 1 aromatic heterocycles. The average Bonchev–Trinajstić information content (AvgIpc) is 3.27. The number of hydrogen-bond acceptors (Lipinski definition) is 7. The number of nitrogens with one attached hydrogen (secondary N) is 2. The van der Waals surface area contributed by atoms with E-state index in [1.807, 2.05) is 7.05 Å². The molecule has 196 valence electrons. The number of thiazole rings is 1. The number of likely N-dealkylation sites (N-methyl/N-ethyl adjacent to an activating group) is 1.